The molecule has 0 fully saturated rings. The van der Waals surface area contributed by atoms with Crippen LogP contribution < -0.4 is 5.32 Å². The van der Waals surface area contributed by atoms with Gasteiger partial charge in [-0.15, -0.1) is 0 Å². The zero-order valence-corrected chi connectivity index (χ0v) is 9.28. The molecule has 0 aliphatic rings. The molecular formula is C9H18BrNO2. The first-order valence-electron chi connectivity index (χ1n) is 7.55. The third-order valence-corrected chi connectivity index (χ3v) is 0.934. The molecule has 0 saturated heterocycles. The molecule has 78 valence electrons. The molecule has 0 aliphatic heterocycles. The van der Waals surface area contributed by atoms with Crippen LogP contribution in [0.15, 0.2) is 0 Å². The second-order valence-corrected chi connectivity index (χ2v) is 3.49. The highest BCUT2D eigenvalue weighted by Crippen LogP contribution is 2.06. The molecule has 0 saturated carbocycles. The summed E-state index contributed by atoms with van der Waals surface area (Å²) < 4.78 is 64.6. The number of amides is 1. The quantitative estimate of drug-likeness (QED) is 0.789. The minimum Gasteiger partial charge on any atom is -0.444 e. The Hall–Kier alpha value is -0.250. The monoisotopic (exact) mass is 259 g/mol. The average Bonchev–Trinajstić information content (AvgIpc) is 2.10. The van der Waals surface area contributed by atoms with Crippen LogP contribution >= 0.6 is 15.9 Å². The van der Waals surface area contributed by atoms with Crippen molar-refractivity contribution in [1.82, 2.24) is 5.32 Å². The van der Waals surface area contributed by atoms with Crippen molar-refractivity contribution in [3.8, 4) is 0 Å². The van der Waals surface area contributed by atoms with Crippen LogP contribution in [-0.2, 0) is 4.74 Å². The minimum absolute atomic E-state index is 0.948. The van der Waals surface area contributed by atoms with Gasteiger partial charge in [-0.25, -0.2) is 4.79 Å². The molecule has 0 aromatic carbocycles. The maximum Gasteiger partial charge on any atom is 0.407 e. The summed E-state index contributed by atoms with van der Waals surface area (Å²) in [7, 11) is 0. The molecule has 1 amide bonds. The molecule has 0 radical (unpaired) electrons. The van der Waals surface area contributed by atoms with Crippen molar-refractivity contribution in [3.05, 3.63) is 0 Å². The van der Waals surface area contributed by atoms with E-state index in [9.17, 15) is 4.79 Å². The number of hydrogen-bond acceptors (Lipinski definition) is 2. The van der Waals surface area contributed by atoms with E-state index in [0.717, 1.165) is 0 Å². The van der Waals surface area contributed by atoms with Crippen molar-refractivity contribution in [2.45, 2.75) is 39.1 Å². The predicted octanol–water partition coefficient (Wildman–Crippen LogP) is 2.69. The van der Waals surface area contributed by atoms with Gasteiger partial charge in [0.05, 0.1) is 0 Å². The standard InChI is InChI=1S/C9H18BrNO2/c1-9(2,3)13-8(12)11-7-5-4-6-10/h4-7H2,1-3H3,(H,11,12)/i4D2,5D2,6D2,7D2. The molecule has 0 spiro atoms. The van der Waals surface area contributed by atoms with E-state index in [1.807, 2.05) is 0 Å². The van der Waals surface area contributed by atoms with E-state index in [4.69, 9.17) is 15.7 Å². The van der Waals surface area contributed by atoms with Gasteiger partial charge >= 0.3 is 6.09 Å². The fourth-order valence-electron chi connectivity index (χ4n) is 0.441. The number of ether oxygens (including phenoxy) is 1. The van der Waals surface area contributed by atoms with Gasteiger partial charge in [-0.1, -0.05) is 15.9 Å². The Morgan fingerprint density at radius 2 is 2.15 bits per heavy atom. The molecular weight excluding hydrogens is 234 g/mol. The smallest absolute Gasteiger partial charge is 0.407 e. The number of alkyl halides is 1. The third-order valence-electron chi connectivity index (χ3n) is 0.736. The topological polar surface area (TPSA) is 38.3 Å². The van der Waals surface area contributed by atoms with Gasteiger partial charge in [-0.2, -0.15) is 0 Å². The fraction of sp³-hybridized carbons (Fsp3) is 0.889. The van der Waals surface area contributed by atoms with Gasteiger partial charge < -0.3 is 10.1 Å². The van der Waals surface area contributed by atoms with E-state index in [1.54, 1.807) is 5.32 Å². The van der Waals surface area contributed by atoms with Gasteiger partial charge in [0.25, 0.3) is 0 Å². The SMILES string of the molecule is [2H]C([2H])(Br)C([2H])([2H])C([2H])([2H])C([2H])([2H])NC(=O)OC(C)(C)C. The van der Waals surface area contributed by atoms with Gasteiger partial charge in [-0.05, 0) is 33.5 Å². The molecule has 0 aromatic rings. The maximum atomic E-state index is 11.5. The van der Waals surface area contributed by atoms with E-state index in [1.165, 1.54) is 20.8 Å². The summed E-state index contributed by atoms with van der Waals surface area (Å²) >= 11 is 2.35. The van der Waals surface area contributed by atoms with Crippen LogP contribution in [-0.4, -0.2) is 23.5 Å². The third kappa shape index (κ3) is 9.67. The van der Waals surface area contributed by atoms with Crippen molar-refractivity contribution >= 4 is 22.0 Å². The number of nitrogens with one attached hydrogen (secondary N) is 1. The molecule has 3 nitrogen and oxygen atoms in total. The Morgan fingerprint density at radius 3 is 2.62 bits per heavy atom. The lowest BCUT2D eigenvalue weighted by Gasteiger charge is -2.19. The van der Waals surface area contributed by atoms with Crippen LogP contribution in [0.25, 0.3) is 0 Å². The summed E-state index contributed by atoms with van der Waals surface area (Å²) in [5, 5.41) is -1.25. The van der Waals surface area contributed by atoms with Gasteiger partial charge in [0.1, 0.15) is 5.60 Å². The molecule has 0 aliphatic carbocycles. The first-order chi connectivity index (χ1) is 8.85. The number of alkyl carbamates (subject to hydrolysis) is 1. The zero-order valence-electron chi connectivity index (χ0n) is 15.7. The van der Waals surface area contributed by atoms with Gasteiger partial charge in [0, 0.05) is 22.7 Å². The van der Waals surface area contributed by atoms with E-state index in [2.05, 4.69) is 15.9 Å². The number of hydrogen-bond donors (Lipinski definition) is 1. The Balaban J connectivity index is 5.36. The molecule has 0 aromatic heterocycles. The molecule has 13 heavy (non-hydrogen) atoms. The largest absolute Gasteiger partial charge is 0.444 e. The van der Waals surface area contributed by atoms with Gasteiger partial charge in [0.2, 0.25) is 0 Å². The van der Waals surface area contributed by atoms with Crippen LogP contribution in [0, 0.1) is 0 Å². The van der Waals surface area contributed by atoms with Gasteiger partial charge in [0.15, 0.2) is 0 Å². The highest BCUT2D eigenvalue weighted by atomic mass is 79.9. The summed E-state index contributed by atoms with van der Waals surface area (Å²) in [4.78, 5) is 11.5. The molecule has 0 rings (SSSR count). The van der Waals surface area contributed by atoms with E-state index in [-0.39, 0.29) is 0 Å². The summed E-state index contributed by atoms with van der Waals surface area (Å²) in [6.45, 7) is 1.35. The Labute approximate surface area is 99.6 Å². The normalized spacial score (nSPS) is 24.6. The summed E-state index contributed by atoms with van der Waals surface area (Å²) in [5.41, 5.74) is -0.948. The number of carbonyl (C=O) groups is 1. The number of halogens is 1. The summed E-state index contributed by atoms with van der Waals surface area (Å²) in [6, 6.07) is 0. The van der Waals surface area contributed by atoms with Crippen molar-refractivity contribution in [1.29, 1.82) is 0 Å². The first-order valence-corrected chi connectivity index (χ1v) is 4.34. The van der Waals surface area contributed by atoms with E-state index >= 15 is 0 Å². The summed E-state index contributed by atoms with van der Waals surface area (Å²) in [6.07, 6.45) is -7.94. The Morgan fingerprint density at radius 1 is 1.54 bits per heavy atom. The molecule has 1 N–H and O–H groups in total. The molecule has 0 bridgehead atoms. The highest BCUT2D eigenvalue weighted by molar-refractivity contribution is 9.09. The van der Waals surface area contributed by atoms with E-state index < -0.39 is 36.2 Å². The molecule has 0 atom stereocenters. The fourth-order valence-corrected chi connectivity index (χ4v) is 0.540. The lowest BCUT2D eigenvalue weighted by Crippen LogP contribution is -2.33. The second-order valence-electron chi connectivity index (χ2n) is 3.10. The Kier molecular flexibility index (Phi) is 2.17. The minimum atomic E-state index is -3.39. The van der Waals surface area contributed by atoms with E-state index in [0.29, 0.717) is 0 Å². The first kappa shape index (κ1) is 4.51. The van der Waals surface area contributed by atoms with Crippen molar-refractivity contribution < 1.29 is 20.5 Å². The van der Waals surface area contributed by atoms with Crippen LogP contribution in [0.1, 0.15) is 44.5 Å². The lowest BCUT2D eigenvalue weighted by atomic mass is 10.2. The molecule has 0 unspecified atom stereocenters. The Bertz CT molecular complexity index is 402. The summed E-state index contributed by atoms with van der Waals surface area (Å²) in [5.74, 6) is 0. The van der Waals surface area contributed by atoms with Crippen molar-refractivity contribution in [2.24, 2.45) is 0 Å². The highest BCUT2D eigenvalue weighted by Gasteiger charge is 2.15. The number of rotatable bonds is 4. The van der Waals surface area contributed by atoms with Crippen LogP contribution in [0.5, 0.6) is 0 Å². The molecule has 4 heteroatoms. The van der Waals surface area contributed by atoms with Crippen molar-refractivity contribution in [3.63, 3.8) is 0 Å². The van der Waals surface area contributed by atoms with Crippen LogP contribution in [0.2, 0.25) is 0 Å². The maximum absolute atomic E-state index is 11.5. The zero-order chi connectivity index (χ0) is 17.5. The van der Waals surface area contributed by atoms with Crippen LogP contribution in [0.4, 0.5) is 4.79 Å². The van der Waals surface area contributed by atoms with Crippen LogP contribution in [0.3, 0.4) is 0 Å². The van der Waals surface area contributed by atoms with Crippen molar-refractivity contribution in [2.75, 3.05) is 11.8 Å². The van der Waals surface area contributed by atoms with Gasteiger partial charge in [-0.3, -0.25) is 0 Å². The average molecular weight is 260 g/mol. The second kappa shape index (κ2) is 6.24. The predicted molar refractivity (Wildman–Crippen MR) is 57.3 cm³/mol. The lowest BCUT2D eigenvalue weighted by molar-refractivity contribution is 0.0527. The molecule has 0 heterocycles. The number of carbonyl (C=O) groups excluding carboxylic acids is 1.